The summed E-state index contributed by atoms with van der Waals surface area (Å²) in [5.74, 6) is 0.334. The van der Waals surface area contributed by atoms with E-state index in [1.807, 2.05) is 25.1 Å². The van der Waals surface area contributed by atoms with Gasteiger partial charge in [-0.25, -0.2) is 4.68 Å². The predicted molar refractivity (Wildman–Crippen MR) is 94.2 cm³/mol. The number of amides is 1. The van der Waals surface area contributed by atoms with Crippen molar-refractivity contribution < 1.29 is 14.3 Å². The number of hydrogen-bond donors (Lipinski definition) is 0. The normalized spacial score (nSPS) is 15.1. The van der Waals surface area contributed by atoms with Crippen molar-refractivity contribution in [3.05, 3.63) is 29.8 Å². The van der Waals surface area contributed by atoms with Gasteiger partial charge in [-0.2, -0.15) is 0 Å². The molecule has 0 atom stereocenters. The maximum atomic E-state index is 12.8. The second-order valence-corrected chi connectivity index (χ2v) is 6.22. The lowest BCUT2D eigenvalue weighted by Gasteiger charge is -2.31. The van der Waals surface area contributed by atoms with E-state index >= 15 is 0 Å². The highest BCUT2D eigenvalue weighted by molar-refractivity contribution is 5.95. The van der Waals surface area contributed by atoms with Gasteiger partial charge >= 0.3 is 5.97 Å². The van der Waals surface area contributed by atoms with Gasteiger partial charge in [-0.3, -0.25) is 9.59 Å². The van der Waals surface area contributed by atoms with Crippen LogP contribution in [0.3, 0.4) is 0 Å². The SMILES string of the molecule is CCOC(=O)C1CCN(C(=O)c2cccc(-c3nnnn3CC)c2)CC1. The molecule has 0 aliphatic carbocycles. The van der Waals surface area contributed by atoms with Crippen LogP contribution in [0, 0.1) is 5.92 Å². The molecule has 0 N–H and O–H groups in total. The van der Waals surface area contributed by atoms with Crippen LogP contribution in [-0.4, -0.2) is 56.7 Å². The van der Waals surface area contributed by atoms with Crippen LogP contribution in [0.15, 0.2) is 24.3 Å². The van der Waals surface area contributed by atoms with Gasteiger partial charge in [0.2, 0.25) is 0 Å². The van der Waals surface area contributed by atoms with Crippen molar-refractivity contribution in [3.8, 4) is 11.4 Å². The maximum Gasteiger partial charge on any atom is 0.309 e. The number of aromatic nitrogens is 4. The number of piperidine rings is 1. The van der Waals surface area contributed by atoms with Gasteiger partial charge < -0.3 is 9.64 Å². The Morgan fingerprint density at radius 2 is 2.00 bits per heavy atom. The van der Waals surface area contributed by atoms with Gasteiger partial charge in [-0.1, -0.05) is 12.1 Å². The number of carbonyl (C=O) groups excluding carboxylic acids is 2. The number of benzene rings is 1. The molecule has 138 valence electrons. The summed E-state index contributed by atoms with van der Waals surface area (Å²) in [7, 11) is 0. The molecule has 2 aromatic rings. The van der Waals surface area contributed by atoms with Crippen molar-refractivity contribution in [3.63, 3.8) is 0 Å². The fraction of sp³-hybridized carbons (Fsp3) is 0.500. The van der Waals surface area contributed by atoms with Gasteiger partial charge in [0.1, 0.15) is 0 Å². The highest BCUT2D eigenvalue weighted by Gasteiger charge is 2.28. The Kier molecular flexibility index (Phi) is 5.60. The minimum atomic E-state index is -0.159. The minimum absolute atomic E-state index is 0.0373. The van der Waals surface area contributed by atoms with E-state index in [0.29, 0.717) is 50.5 Å². The van der Waals surface area contributed by atoms with E-state index in [9.17, 15) is 9.59 Å². The Morgan fingerprint density at radius 3 is 2.69 bits per heavy atom. The molecule has 1 aliphatic rings. The van der Waals surface area contributed by atoms with Crippen molar-refractivity contribution in [1.29, 1.82) is 0 Å². The number of likely N-dealkylation sites (tertiary alicyclic amines) is 1. The number of tetrazole rings is 1. The number of nitrogens with zero attached hydrogens (tertiary/aromatic N) is 5. The molecule has 1 aromatic heterocycles. The van der Waals surface area contributed by atoms with Gasteiger partial charge in [0, 0.05) is 30.8 Å². The molecule has 2 heterocycles. The molecule has 1 saturated heterocycles. The van der Waals surface area contributed by atoms with E-state index in [0.717, 1.165) is 5.56 Å². The molecular weight excluding hydrogens is 334 g/mol. The molecular formula is C18H23N5O3. The molecule has 0 unspecified atom stereocenters. The van der Waals surface area contributed by atoms with Crippen molar-refractivity contribution in [1.82, 2.24) is 25.1 Å². The summed E-state index contributed by atoms with van der Waals surface area (Å²) >= 11 is 0. The standard InChI is InChI=1S/C18H23N5O3/c1-3-23-16(19-20-21-23)14-6-5-7-15(12-14)17(24)22-10-8-13(9-11-22)18(25)26-4-2/h5-7,12-13H,3-4,8-11H2,1-2H3. The van der Waals surface area contributed by atoms with Crippen LogP contribution < -0.4 is 0 Å². The fourth-order valence-electron chi connectivity index (χ4n) is 3.18. The van der Waals surface area contributed by atoms with Crippen LogP contribution >= 0.6 is 0 Å². The summed E-state index contributed by atoms with van der Waals surface area (Å²) in [5, 5.41) is 11.7. The van der Waals surface area contributed by atoms with E-state index < -0.39 is 0 Å². The zero-order valence-corrected chi connectivity index (χ0v) is 15.1. The topological polar surface area (TPSA) is 90.2 Å². The van der Waals surface area contributed by atoms with Crippen molar-refractivity contribution in [2.75, 3.05) is 19.7 Å². The van der Waals surface area contributed by atoms with Gasteiger partial charge in [-0.05, 0) is 49.2 Å². The average Bonchev–Trinajstić information content (AvgIpc) is 3.17. The lowest BCUT2D eigenvalue weighted by atomic mass is 9.96. The Hall–Kier alpha value is -2.77. The first-order valence-electron chi connectivity index (χ1n) is 8.96. The van der Waals surface area contributed by atoms with Gasteiger partial charge in [0.05, 0.1) is 12.5 Å². The van der Waals surface area contributed by atoms with Gasteiger partial charge in [-0.15, -0.1) is 5.10 Å². The Labute approximate surface area is 152 Å². The smallest absolute Gasteiger partial charge is 0.309 e. The highest BCUT2D eigenvalue weighted by atomic mass is 16.5. The second kappa shape index (κ2) is 8.07. The van der Waals surface area contributed by atoms with Crippen LogP contribution in [0.1, 0.15) is 37.0 Å². The second-order valence-electron chi connectivity index (χ2n) is 6.22. The summed E-state index contributed by atoms with van der Waals surface area (Å²) in [6.45, 7) is 5.92. The third kappa shape index (κ3) is 3.74. The van der Waals surface area contributed by atoms with Gasteiger partial charge in [0.15, 0.2) is 5.82 Å². The van der Waals surface area contributed by atoms with Crippen molar-refractivity contribution >= 4 is 11.9 Å². The molecule has 0 bridgehead atoms. The molecule has 1 amide bonds. The average molecular weight is 357 g/mol. The van der Waals surface area contributed by atoms with E-state index in [2.05, 4.69) is 15.5 Å². The predicted octanol–water partition coefficient (Wildman–Crippen LogP) is 1.78. The largest absolute Gasteiger partial charge is 0.466 e. The first kappa shape index (κ1) is 18.0. The molecule has 0 saturated carbocycles. The summed E-state index contributed by atoms with van der Waals surface area (Å²) in [6.07, 6.45) is 1.27. The third-order valence-corrected chi connectivity index (χ3v) is 4.60. The number of ether oxygens (including phenoxy) is 1. The lowest BCUT2D eigenvalue weighted by Crippen LogP contribution is -2.40. The Morgan fingerprint density at radius 1 is 1.23 bits per heavy atom. The third-order valence-electron chi connectivity index (χ3n) is 4.60. The molecule has 1 aromatic carbocycles. The van der Waals surface area contributed by atoms with E-state index in [1.54, 1.807) is 22.6 Å². The Balaban J connectivity index is 1.69. The van der Waals surface area contributed by atoms with Crippen LogP contribution in [-0.2, 0) is 16.1 Å². The summed E-state index contributed by atoms with van der Waals surface area (Å²) in [5.41, 5.74) is 1.41. The van der Waals surface area contributed by atoms with Crippen molar-refractivity contribution in [2.24, 2.45) is 5.92 Å². The Bertz CT molecular complexity index is 781. The van der Waals surface area contributed by atoms with Crippen LogP contribution in [0.2, 0.25) is 0 Å². The summed E-state index contributed by atoms with van der Waals surface area (Å²) in [6, 6.07) is 7.34. The molecule has 0 spiro atoms. The van der Waals surface area contributed by atoms with Gasteiger partial charge in [0.25, 0.3) is 5.91 Å². The lowest BCUT2D eigenvalue weighted by molar-refractivity contribution is -0.149. The van der Waals surface area contributed by atoms with Crippen molar-refractivity contribution in [2.45, 2.75) is 33.2 Å². The molecule has 8 heteroatoms. The first-order chi connectivity index (χ1) is 12.6. The molecule has 8 nitrogen and oxygen atoms in total. The fourth-order valence-corrected chi connectivity index (χ4v) is 3.18. The molecule has 1 fully saturated rings. The number of esters is 1. The zero-order valence-electron chi connectivity index (χ0n) is 15.1. The molecule has 26 heavy (non-hydrogen) atoms. The van der Waals surface area contributed by atoms with Crippen LogP contribution in [0.25, 0.3) is 11.4 Å². The number of rotatable bonds is 5. The van der Waals surface area contributed by atoms with E-state index in [4.69, 9.17) is 4.74 Å². The molecule has 0 radical (unpaired) electrons. The number of aryl methyl sites for hydroxylation is 1. The zero-order chi connectivity index (χ0) is 18.5. The molecule has 3 rings (SSSR count). The quantitative estimate of drug-likeness (QED) is 0.758. The van der Waals surface area contributed by atoms with E-state index in [1.165, 1.54) is 0 Å². The highest BCUT2D eigenvalue weighted by Crippen LogP contribution is 2.22. The molecule has 1 aliphatic heterocycles. The summed E-state index contributed by atoms with van der Waals surface area (Å²) < 4.78 is 6.77. The monoisotopic (exact) mass is 357 g/mol. The minimum Gasteiger partial charge on any atom is -0.466 e. The maximum absolute atomic E-state index is 12.8. The number of carbonyl (C=O) groups is 2. The first-order valence-corrected chi connectivity index (χ1v) is 8.96. The van der Waals surface area contributed by atoms with Crippen LogP contribution in [0.4, 0.5) is 0 Å². The summed E-state index contributed by atoms with van der Waals surface area (Å²) in [4.78, 5) is 26.5. The van der Waals surface area contributed by atoms with E-state index in [-0.39, 0.29) is 17.8 Å². The van der Waals surface area contributed by atoms with Crippen LogP contribution in [0.5, 0.6) is 0 Å². The number of hydrogen-bond acceptors (Lipinski definition) is 6.